The van der Waals surface area contributed by atoms with Crippen molar-refractivity contribution in [3.8, 4) is 11.3 Å². The first-order chi connectivity index (χ1) is 13.1. The Morgan fingerprint density at radius 3 is 2.67 bits per heavy atom. The van der Waals surface area contributed by atoms with Crippen LogP contribution in [0, 0.1) is 11.8 Å². The molecule has 2 fully saturated rings. The summed E-state index contributed by atoms with van der Waals surface area (Å²) in [6.07, 6.45) is 9.18. The number of hydrogen-bond acceptors (Lipinski definition) is 6. The maximum Gasteiger partial charge on any atom is 0.252 e. The molecule has 0 bridgehead atoms. The molecule has 0 spiro atoms. The molecule has 2 unspecified atom stereocenters. The molecule has 0 aromatic carbocycles. The number of fused-ring (bicyclic) bond motifs is 2. The third kappa shape index (κ3) is 2.74. The molecule has 2 atom stereocenters. The molecule has 0 radical (unpaired) electrons. The number of anilines is 1. The Morgan fingerprint density at radius 2 is 2.00 bits per heavy atom. The molecule has 140 valence electrons. The summed E-state index contributed by atoms with van der Waals surface area (Å²) in [6, 6.07) is 0.310. The summed E-state index contributed by atoms with van der Waals surface area (Å²) in [5.41, 5.74) is 8.93. The number of nitrogens with zero attached hydrogens (tertiary/aromatic N) is 5. The molecular weight excluding hydrogens is 344 g/mol. The van der Waals surface area contributed by atoms with Crippen LogP contribution < -0.4 is 16.4 Å². The second-order valence-corrected chi connectivity index (χ2v) is 7.59. The van der Waals surface area contributed by atoms with Crippen LogP contribution in [0.1, 0.15) is 23.2 Å². The van der Waals surface area contributed by atoms with Crippen molar-refractivity contribution in [2.45, 2.75) is 18.9 Å². The highest BCUT2D eigenvalue weighted by Gasteiger charge is 2.37. The third-order valence-electron chi connectivity index (χ3n) is 5.76. The molecule has 1 aliphatic heterocycles. The second-order valence-electron chi connectivity index (χ2n) is 7.59. The zero-order valence-electron chi connectivity index (χ0n) is 15.1. The van der Waals surface area contributed by atoms with E-state index in [1.807, 2.05) is 19.4 Å². The first kappa shape index (κ1) is 16.2. The lowest BCUT2D eigenvalue weighted by molar-refractivity contribution is 0.100. The van der Waals surface area contributed by atoms with E-state index < -0.39 is 5.91 Å². The normalized spacial score (nSPS) is 24.4. The van der Waals surface area contributed by atoms with E-state index in [2.05, 4.69) is 20.8 Å². The van der Waals surface area contributed by atoms with Crippen LogP contribution in [-0.2, 0) is 7.05 Å². The summed E-state index contributed by atoms with van der Waals surface area (Å²) >= 11 is 0. The van der Waals surface area contributed by atoms with Crippen LogP contribution in [0.25, 0.3) is 16.9 Å². The number of nitrogens with two attached hydrogens (primary N) is 1. The molecule has 3 aromatic rings. The van der Waals surface area contributed by atoms with Gasteiger partial charge in [-0.15, -0.1) is 0 Å². The van der Waals surface area contributed by atoms with Crippen LogP contribution in [0.2, 0.25) is 0 Å². The van der Waals surface area contributed by atoms with E-state index in [0.29, 0.717) is 34.8 Å². The predicted octanol–water partition coefficient (Wildman–Crippen LogP) is 0.639. The Bertz CT molecular complexity index is 1010. The summed E-state index contributed by atoms with van der Waals surface area (Å²) < 4.78 is 3.42. The average molecular weight is 366 g/mol. The van der Waals surface area contributed by atoms with E-state index in [9.17, 15) is 4.79 Å². The summed E-state index contributed by atoms with van der Waals surface area (Å²) in [7, 11) is 1.86. The Balaban J connectivity index is 1.54. The van der Waals surface area contributed by atoms with Gasteiger partial charge in [-0.05, 0) is 37.8 Å². The van der Waals surface area contributed by atoms with Crippen molar-refractivity contribution in [1.82, 2.24) is 29.7 Å². The number of carbonyl (C=O) groups is 1. The fourth-order valence-corrected chi connectivity index (χ4v) is 4.44. The zero-order chi connectivity index (χ0) is 18.5. The van der Waals surface area contributed by atoms with Crippen LogP contribution >= 0.6 is 0 Å². The number of imidazole rings is 1. The molecule has 1 saturated heterocycles. The lowest BCUT2D eigenvalue weighted by Crippen LogP contribution is -2.24. The van der Waals surface area contributed by atoms with Gasteiger partial charge in [0, 0.05) is 24.8 Å². The molecule has 2 aliphatic rings. The van der Waals surface area contributed by atoms with Gasteiger partial charge < -0.3 is 16.4 Å². The van der Waals surface area contributed by atoms with Crippen LogP contribution in [-0.4, -0.2) is 49.4 Å². The minimum absolute atomic E-state index is 0.310. The number of carbonyl (C=O) groups excluding carboxylic acids is 1. The van der Waals surface area contributed by atoms with E-state index >= 15 is 0 Å². The lowest BCUT2D eigenvalue weighted by Gasteiger charge is -2.17. The van der Waals surface area contributed by atoms with Crippen molar-refractivity contribution in [2.24, 2.45) is 24.6 Å². The van der Waals surface area contributed by atoms with Gasteiger partial charge in [0.2, 0.25) is 0 Å². The minimum atomic E-state index is -0.502. The quantitative estimate of drug-likeness (QED) is 0.624. The Morgan fingerprint density at radius 1 is 1.22 bits per heavy atom. The SMILES string of the molecule is Cn1cc(-c2cn3ncc(C(N)=O)c(NC4CC5CNCC5C4)c3n2)cn1. The number of aromatic nitrogens is 5. The largest absolute Gasteiger partial charge is 0.379 e. The highest BCUT2D eigenvalue weighted by molar-refractivity contribution is 6.01. The first-order valence-corrected chi connectivity index (χ1v) is 9.23. The Hall–Kier alpha value is -2.94. The van der Waals surface area contributed by atoms with Gasteiger partial charge in [-0.1, -0.05) is 0 Å². The molecular formula is C18H22N8O. The van der Waals surface area contributed by atoms with E-state index in [1.54, 1.807) is 15.4 Å². The summed E-state index contributed by atoms with van der Waals surface area (Å²) in [6.45, 7) is 2.15. The molecule has 9 heteroatoms. The highest BCUT2D eigenvalue weighted by atomic mass is 16.1. The monoisotopic (exact) mass is 366 g/mol. The average Bonchev–Trinajstić information content (AvgIpc) is 3.36. The van der Waals surface area contributed by atoms with Crippen LogP contribution in [0.15, 0.2) is 24.8 Å². The van der Waals surface area contributed by atoms with Crippen molar-refractivity contribution in [3.63, 3.8) is 0 Å². The van der Waals surface area contributed by atoms with Gasteiger partial charge >= 0.3 is 0 Å². The van der Waals surface area contributed by atoms with Gasteiger partial charge in [0.05, 0.1) is 35.5 Å². The van der Waals surface area contributed by atoms with Crippen molar-refractivity contribution in [1.29, 1.82) is 0 Å². The molecule has 27 heavy (non-hydrogen) atoms. The molecule has 5 rings (SSSR count). The smallest absolute Gasteiger partial charge is 0.252 e. The molecule has 4 N–H and O–H groups in total. The zero-order valence-corrected chi connectivity index (χ0v) is 15.1. The number of hydrogen-bond donors (Lipinski definition) is 3. The van der Waals surface area contributed by atoms with Crippen LogP contribution in [0.4, 0.5) is 5.69 Å². The van der Waals surface area contributed by atoms with Crippen LogP contribution in [0.5, 0.6) is 0 Å². The second kappa shape index (κ2) is 6.05. The fourth-order valence-electron chi connectivity index (χ4n) is 4.44. The van der Waals surface area contributed by atoms with E-state index in [1.165, 1.54) is 6.20 Å². The maximum absolute atomic E-state index is 12.0. The van der Waals surface area contributed by atoms with Crippen molar-refractivity contribution >= 4 is 17.2 Å². The van der Waals surface area contributed by atoms with Crippen molar-refractivity contribution in [3.05, 3.63) is 30.4 Å². The maximum atomic E-state index is 12.0. The highest BCUT2D eigenvalue weighted by Crippen LogP contribution is 2.37. The van der Waals surface area contributed by atoms with E-state index in [4.69, 9.17) is 10.7 Å². The molecule has 1 saturated carbocycles. The molecule has 9 nitrogen and oxygen atoms in total. The number of aryl methyl sites for hydroxylation is 1. The van der Waals surface area contributed by atoms with Gasteiger partial charge in [-0.2, -0.15) is 10.2 Å². The van der Waals surface area contributed by atoms with Gasteiger partial charge in [-0.3, -0.25) is 9.48 Å². The lowest BCUT2D eigenvalue weighted by atomic mass is 10.0. The molecule has 1 amide bonds. The van der Waals surface area contributed by atoms with Gasteiger partial charge in [-0.25, -0.2) is 9.50 Å². The predicted molar refractivity (Wildman–Crippen MR) is 100 cm³/mol. The number of amides is 1. The standard InChI is InChI=1S/C18H22N8O/c1-25-8-12(6-21-25)15-9-26-18(24-15)16(14(7-22-26)17(19)27)23-13-2-10-4-20-5-11(10)3-13/h6-11,13,20,23H,2-5H2,1H3,(H2,19,27). The van der Waals surface area contributed by atoms with E-state index in [-0.39, 0.29) is 0 Å². The van der Waals surface area contributed by atoms with Crippen molar-refractivity contribution < 1.29 is 4.79 Å². The summed E-state index contributed by atoms with van der Waals surface area (Å²) in [5, 5.41) is 15.5. The topological polar surface area (TPSA) is 115 Å². The van der Waals surface area contributed by atoms with Gasteiger partial charge in [0.15, 0.2) is 5.65 Å². The van der Waals surface area contributed by atoms with E-state index in [0.717, 1.165) is 37.2 Å². The van der Waals surface area contributed by atoms with Gasteiger partial charge in [0.1, 0.15) is 0 Å². The molecule has 4 heterocycles. The number of nitrogens with one attached hydrogen (secondary N) is 2. The summed E-state index contributed by atoms with van der Waals surface area (Å²) in [5.74, 6) is 0.893. The molecule has 1 aliphatic carbocycles. The first-order valence-electron chi connectivity index (χ1n) is 9.23. The fraction of sp³-hybridized carbons (Fsp3) is 0.444. The van der Waals surface area contributed by atoms with Gasteiger partial charge in [0.25, 0.3) is 5.91 Å². The van der Waals surface area contributed by atoms with Crippen molar-refractivity contribution in [2.75, 3.05) is 18.4 Å². The summed E-state index contributed by atoms with van der Waals surface area (Å²) in [4.78, 5) is 16.7. The Labute approximate surface area is 155 Å². The third-order valence-corrected chi connectivity index (χ3v) is 5.76. The van der Waals surface area contributed by atoms with Crippen LogP contribution in [0.3, 0.4) is 0 Å². The number of primary amides is 1. The minimum Gasteiger partial charge on any atom is -0.379 e. The Kier molecular flexibility index (Phi) is 3.64. The molecule has 3 aromatic heterocycles. The number of rotatable bonds is 4.